The van der Waals surface area contributed by atoms with E-state index in [1.165, 1.54) is 22.5 Å². The minimum Gasteiger partial charge on any atom is -0.478 e. The zero-order valence-electron chi connectivity index (χ0n) is 11.0. The fourth-order valence-electron chi connectivity index (χ4n) is 2.14. The Hall–Kier alpha value is -1.86. The van der Waals surface area contributed by atoms with Crippen LogP contribution in [0.15, 0.2) is 34.7 Å². The quantitative estimate of drug-likeness (QED) is 0.647. The number of nitrogen functional groups attached to an aromatic ring is 1. The molecule has 1 aromatic carbocycles. The van der Waals surface area contributed by atoms with Crippen molar-refractivity contribution in [3.63, 3.8) is 0 Å². The zero-order valence-corrected chi connectivity index (χ0v) is 11.9. The van der Waals surface area contributed by atoms with E-state index in [2.05, 4.69) is 0 Å². The molecule has 2 rings (SSSR count). The molecule has 0 saturated carbocycles. The number of sulfonamides is 1. The number of carboxylic acid groups (broad SMARTS) is 1. The van der Waals surface area contributed by atoms with E-state index in [9.17, 15) is 13.2 Å². The molecule has 0 atom stereocenters. The lowest BCUT2D eigenvalue weighted by atomic mass is 10.2. The van der Waals surface area contributed by atoms with Gasteiger partial charge >= 0.3 is 5.97 Å². The average Bonchev–Trinajstić information content (AvgIpc) is 2.38. The molecule has 0 spiro atoms. The van der Waals surface area contributed by atoms with E-state index in [1.54, 1.807) is 0 Å². The first-order chi connectivity index (χ1) is 9.32. The number of nitrogens with two attached hydrogens (primary N) is 1. The Balaban J connectivity index is 2.40. The molecule has 20 heavy (non-hydrogen) atoms. The first kappa shape index (κ1) is 14.5. The molecular formula is C13H16N2O4S. The third-order valence-electron chi connectivity index (χ3n) is 3.17. The van der Waals surface area contributed by atoms with E-state index in [0.717, 1.165) is 5.57 Å². The monoisotopic (exact) mass is 296 g/mol. The molecule has 6 nitrogen and oxygen atoms in total. The van der Waals surface area contributed by atoms with Gasteiger partial charge in [-0.25, -0.2) is 13.2 Å². The van der Waals surface area contributed by atoms with Gasteiger partial charge in [0, 0.05) is 13.1 Å². The van der Waals surface area contributed by atoms with Crippen molar-refractivity contribution in [1.29, 1.82) is 0 Å². The fraction of sp³-hybridized carbons (Fsp3) is 0.308. The Kier molecular flexibility index (Phi) is 3.82. The molecule has 1 heterocycles. The predicted molar refractivity (Wildman–Crippen MR) is 74.9 cm³/mol. The molecule has 0 radical (unpaired) electrons. The van der Waals surface area contributed by atoms with Crippen molar-refractivity contribution in [3.05, 3.63) is 35.4 Å². The summed E-state index contributed by atoms with van der Waals surface area (Å²) >= 11 is 0. The summed E-state index contributed by atoms with van der Waals surface area (Å²) in [5, 5.41) is 8.86. The molecule has 0 unspecified atom stereocenters. The molecule has 0 aliphatic carbocycles. The van der Waals surface area contributed by atoms with E-state index in [1.807, 2.05) is 13.0 Å². The van der Waals surface area contributed by atoms with Gasteiger partial charge in [0.25, 0.3) is 0 Å². The first-order valence-corrected chi connectivity index (χ1v) is 7.55. The summed E-state index contributed by atoms with van der Waals surface area (Å²) in [7, 11) is -3.69. The zero-order chi connectivity index (χ0) is 14.9. The van der Waals surface area contributed by atoms with Crippen LogP contribution in [0.25, 0.3) is 0 Å². The minimum absolute atomic E-state index is 0.0313. The van der Waals surface area contributed by atoms with Gasteiger partial charge < -0.3 is 10.8 Å². The molecule has 0 bridgehead atoms. The van der Waals surface area contributed by atoms with E-state index in [4.69, 9.17) is 10.8 Å². The maximum Gasteiger partial charge on any atom is 0.335 e. The Bertz CT molecular complexity index is 680. The normalized spacial score (nSPS) is 16.8. The topological polar surface area (TPSA) is 101 Å². The van der Waals surface area contributed by atoms with Gasteiger partial charge in [0.2, 0.25) is 10.0 Å². The van der Waals surface area contributed by atoms with Crippen LogP contribution in [-0.4, -0.2) is 36.9 Å². The van der Waals surface area contributed by atoms with Gasteiger partial charge in [-0.05, 0) is 31.5 Å². The third-order valence-corrected chi connectivity index (χ3v) is 5.09. The number of benzene rings is 1. The van der Waals surface area contributed by atoms with Crippen LogP contribution < -0.4 is 5.73 Å². The molecular weight excluding hydrogens is 280 g/mol. The number of hydrogen-bond donors (Lipinski definition) is 2. The highest BCUT2D eigenvalue weighted by Crippen LogP contribution is 2.25. The average molecular weight is 296 g/mol. The summed E-state index contributed by atoms with van der Waals surface area (Å²) in [6.07, 6.45) is 2.67. The highest BCUT2D eigenvalue weighted by atomic mass is 32.2. The van der Waals surface area contributed by atoms with Crippen molar-refractivity contribution in [2.45, 2.75) is 18.2 Å². The second-order valence-electron chi connectivity index (χ2n) is 4.74. The van der Waals surface area contributed by atoms with Gasteiger partial charge in [-0.3, -0.25) is 0 Å². The van der Waals surface area contributed by atoms with Crippen molar-refractivity contribution in [2.75, 3.05) is 18.8 Å². The maximum absolute atomic E-state index is 12.5. The lowest BCUT2D eigenvalue weighted by molar-refractivity contribution is 0.0697. The number of rotatable bonds is 3. The number of hydrogen-bond acceptors (Lipinski definition) is 4. The lowest BCUT2D eigenvalue weighted by Gasteiger charge is -2.26. The molecule has 1 aliphatic heterocycles. The highest BCUT2D eigenvalue weighted by Gasteiger charge is 2.28. The SMILES string of the molecule is CC1=CCCN(S(=O)(=O)c2ccc(C(=O)O)cc2N)C1. The number of aromatic carboxylic acids is 1. The van der Waals surface area contributed by atoms with Gasteiger partial charge in [-0.2, -0.15) is 4.31 Å². The van der Waals surface area contributed by atoms with Crippen LogP contribution in [0.5, 0.6) is 0 Å². The van der Waals surface area contributed by atoms with Crippen molar-refractivity contribution >= 4 is 21.7 Å². The van der Waals surface area contributed by atoms with E-state index < -0.39 is 16.0 Å². The molecule has 3 N–H and O–H groups in total. The largest absolute Gasteiger partial charge is 0.478 e. The maximum atomic E-state index is 12.5. The number of nitrogens with zero attached hydrogens (tertiary/aromatic N) is 1. The summed E-state index contributed by atoms with van der Waals surface area (Å²) < 4.78 is 26.4. The standard InChI is InChI=1S/C13H16N2O4S/c1-9-3-2-6-15(8-9)20(18,19)12-5-4-10(13(16)17)7-11(12)14/h3-5,7H,2,6,8,14H2,1H3,(H,16,17). The van der Waals surface area contributed by atoms with Crippen molar-refractivity contribution in [3.8, 4) is 0 Å². The van der Waals surface area contributed by atoms with Gasteiger partial charge in [-0.1, -0.05) is 11.6 Å². The molecule has 1 aromatic rings. The molecule has 108 valence electrons. The summed E-state index contributed by atoms with van der Waals surface area (Å²) in [6.45, 7) is 2.61. The predicted octanol–water partition coefficient (Wildman–Crippen LogP) is 1.31. The Morgan fingerprint density at radius 1 is 1.40 bits per heavy atom. The summed E-state index contributed by atoms with van der Waals surface area (Å²) in [6, 6.07) is 3.67. The molecule has 0 amide bonds. The molecule has 7 heteroatoms. The third kappa shape index (κ3) is 2.68. The van der Waals surface area contributed by atoms with Crippen molar-refractivity contribution in [1.82, 2.24) is 4.31 Å². The molecule has 0 fully saturated rings. The van der Waals surface area contributed by atoms with Crippen LogP contribution >= 0.6 is 0 Å². The fourth-order valence-corrected chi connectivity index (χ4v) is 3.73. The van der Waals surface area contributed by atoms with Crippen LogP contribution in [0, 0.1) is 0 Å². The van der Waals surface area contributed by atoms with Gasteiger partial charge in [0.05, 0.1) is 11.3 Å². The van der Waals surface area contributed by atoms with E-state index in [-0.39, 0.29) is 16.1 Å². The molecule has 0 saturated heterocycles. The Morgan fingerprint density at radius 3 is 2.65 bits per heavy atom. The van der Waals surface area contributed by atoms with Crippen molar-refractivity contribution < 1.29 is 18.3 Å². The minimum atomic E-state index is -3.69. The molecule has 0 aromatic heterocycles. The number of carboxylic acids is 1. The second kappa shape index (κ2) is 5.26. The highest BCUT2D eigenvalue weighted by molar-refractivity contribution is 7.89. The second-order valence-corrected chi connectivity index (χ2v) is 6.64. The van der Waals surface area contributed by atoms with Crippen LogP contribution in [0.3, 0.4) is 0 Å². The Labute approximate surface area is 117 Å². The lowest BCUT2D eigenvalue weighted by Crippen LogP contribution is -2.35. The van der Waals surface area contributed by atoms with Crippen molar-refractivity contribution in [2.24, 2.45) is 0 Å². The number of carbonyl (C=O) groups is 1. The van der Waals surface area contributed by atoms with E-state index >= 15 is 0 Å². The van der Waals surface area contributed by atoms with Crippen LogP contribution in [0.2, 0.25) is 0 Å². The Morgan fingerprint density at radius 2 is 2.10 bits per heavy atom. The first-order valence-electron chi connectivity index (χ1n) is 6.11. The summed E-state index contributed by atoms with van der Waals surface area (Å²) in [4.78, 5) is 10.8. The number of anilines is 1. The van der Waals surface area contributed by atoms with Crippen LogP contribution in [-0.2, 0) is 10.0 Å². The van der Waals surface area contributed by atoms with Gasteiger partial charge in [-0.15, -0.1) is 0 Å². The summed E-state index contributed by atoms with van der Waals surface area (Å²) in [5.41, 5.74) is 6.61. The summed E-state index contributed by atoms with van der Waals surface area (Å²) in [5.74, 6) is -1.14. The van der Waals surface area contributed by atoms with E-state index in [0.29, 0.717) is 19.5 Å². The van der Waals surface area contributed by atoms with Gasteiger partial charge in [0.15, 0.2) is 0 Å². The van der Waals surface area contributed by atoms with Crippen LogP contribution in [0.4, 0.5) is 5.69 Å². The molecule has 1 aliphatic rings. The van der Waals surface area contributed by atoms with Crippen LogP contribution in [0.1, 0.15) is 23.7 Å². The van der Waals surface area contributed by atoms with Gasteiger partial charge in [0.1, 0.15) is 4.90 Å². The smallest absolute Gasteiger partial charge is 0.335 e.